The van der Waals surface area contributed by atoms with Gasteiger partial charge in [0.15, 0.2) is 6.61 Å². The van der Waals surface area contributed by atoms with E-state index in [1.54, 1.807) is 6.92 Å². The highest BCUT2D eigenvalue weighted by Gasteiger charge is 2.29. The van der Waals surface area contributed by atoms with Crippen LogP contribution in [0.4, 0.5) is 18.9 Å². The molecule has 0 fully saturated rings. The number of hydrogen-bond acceptors (Lipinski definition) is 4. The molecule has 24 heavy (non-hydrogen) atoms. The van der Waals surface area contributed by atoms with Crippen LogP contribution >= 0.6 is 0 Å². The number of ether oxygens (including phenoxy) is 1. The maximum Gasteiger partial charge on any atom is 0.422 e. The molecule has 128 valence electrons. The van der Waals surface area contributed by atoms with E-state index in [4.69, 9.17) is 0 Å². The minimum Gasteiger partial charge on any atom is -0.467 e. The van der Waals surface area contributed by atoms with Crippen LogP contribution in [0.3, 0.4) is 0 Å². The van der Waals surface area contributed by atoms with Gasteiger partial charge in [-0.2, -0.15) is 13.2 Å². The van der Waals surface area contributed by atoms with E-state index in [9.17, 15) is 22.8 Å². The second-order valence-electron chi connectivity index (χ2n) is 4.76. The average Bonchev–Trinajstić information content (AvgIpc) is 2.54. The molecule has 1 amide bonds. The third-order valence-electron chi connectivity index (χ3n) is 2.97. The molecule has 0 saturated carbocycles. The molecular weight excluding hydrogens is 327 g/mol. The van der Waals surface area contributed by atoms with Crippen molar-refractivity contribution in [3.05, 3.63) is 52.6 Å². The first-order valence-electron chi connectivity index (χ1n) is 6.96. The van der Waals surface area contributed by atoms with Crippen molar-refractivity contribution in [2.75, 3.05) is 11.9 Å². The van der Waals surface area contributed by atoms with Crippen LogP contribution in [-0.4, -0.2) is 28.2 Å². The lowest BCUT2D eigenvalue weighted by Gasteiger charge is -2.12. The molecule has 1 N–H and O–H groups in total. The largest absolute Gasteiger partial charge is 0.467 e. The van der Waals surface area contributed by atoms with Crippen molar-refractivity contribution in [1.29, 1.82) is 0 Å². The van der Waals surface area contributed by atoms with E-state index in [0.29, 0.717) is 12.2 Å². The fourth-order valence-electron chi connectivity index (χ4n) is 1.88. The molecule has 2 rings (SSSR count). The van der Waals surface area contributed by atoms with Crippen LogP contribution in [0.2, 0.25) is 0 Å². The molecule has 0 aliphatic heterocycles. The monoisotopic (exact) mass is 341 g/mol. The zero-order chi connectivity index (χ0) is 17.7. The van der Waals surface area contributed by atoms with Crippen LogP contribution in [0.5, 0.6) is 5.88 Å². The summed E-state index contributed by atoms with van der Waals surface area (Å²) in [6, 6.07) is 5.38. The summed E-state index contributed by atoms with van der Waals surface area (Å²) in [6.07, 6.45) is -1.88. The van der Waals surface area contributed by atoms with E-state index >= 15 is 0 Å². The number of hydrogen-bond donors (Lipinski definition) is 1. The molecule has 0 aliphatic rings. The lowest BCUT2D eigenvalue weighted by molar-refractivity contribution is -0.154. The summed E-state index contributed by atoms with van der Waals surface area (Å²) in [4.78, 5) is 27.4. The van der Waals surface area contributed by atoms with Gasteiger partial charge < -0.3 is 14.6 Å². The van der Waals surface area contributed by atoms with Crippen molar-refractivity contribution in [1.82, 2.24) is 9.55 Å². The number of carbonyl (C=O) groups is 1. The Bertz CT molecular complexity index is 787. The normalized spacial score (nSPS) is 11.2. The Morgan fingerprint density at radius 2 is 2.08 bits per heavy atom. The molecule has 9 heteroatoms. The number of rotatable bonds is 5. The molecule has 0 aromatic carbocycles. The quantitative estimate of drug-likeness (QED) is 0.907. The van der Waals surface area contributed by atoms with Crippen molar-refractivity contribution in [2.24, 2.45) is 0 Å². The SMILES string of the molecule is CCn1cc(NC(=O)c2cccnc2OCC(F)(F)F)ccc1=O. The highest BCUT2D eigenvalue weighted by atomic mass is 19.4. The number of nitrogens with zero attached hydrogens (tertiary/aromatic N) is 2. The number of halogens is 3. The Morgan fingerprint density at radius 1 is 1.33 bits per heavy atom. The molecule has 0 aliphatic carbocycles. The second kappa shape index (κ2) is 7.16. The number of aromatic nitrogens is 2. The molecule has 2 aromatic heterocycles. The molecule has 0 radical (unpaired) electrons. The Hall–Kier alpha value is -2.84. The van der Waals surface area contributed by atoms with Gasteiger partial charge in [0, 0.05) is 25.0 Å². The molecule has 0 atom stereocenters. The van der Waals surface area contributed by atoms with Crippen LogP contribution in [-0.2, 0) is 6.54 Å². The molecule has 0 saturated heterocycles. The summed E-state index contributed by atoms with van der Waals surface area (Å²) in [5.41, 5.74) is -0.0471. The number of nitrogens with one attached hydrogen (secondary N) is 1. The van der Waals surface area contributed by atoms with E-state index in [1.165, 1.54) is 41.2 Å². The Labute approximate surface area is 134 Å². The van der Waals surface area contributed by atoms with Crippen LogP contribution in [0, 0.1) is 0 Å². The lowest BCUT2D eigenvalue weighted by atomic mass is 10.2. The van der Waals surface area contributed by atoms with Gasteiger partial charge in [-0.25, -0.2) is 4.98 Å². The zero-order valence-corrected chi connectivity index (χ0v) is 12.6. The van der Waals surface area contributed by atoms with Gasteiger partial charge in [-0.3, -0.25) is 9.59 Å². The van der Waals surface area contributed by atoms with Gasteiger partial charge in [-0.15, -0.1) is 0 Å². The minimum atomic E-state index is -4.54. The number of aryl methyl sites for hydroxylation is 1. The summed E-state index contributed by atoms with van der Waals surface area (Å²) in [6.45, 7) is 0.623. The van der Waals surface area contributed by atoms with Gasteiger partial charge in [0.2, 0.25) is 5.88 Å². The maximum absolute atomic E-state index is 12.3. The average molecular weight is 341 g/mol. The molecule has 6 nitrogen and oxygen atoms in total. The van der Waals surface area contributed by atoms with E-state index in [0.717, 1.165) is 0 Å². The summed E-state index contributed by atoms with van der Waals surface area (Å²) in [5.74, 6) is -1.11. The van der Waals surface area contributed by atoms with Gasteiger partial charge in [-0.1, -0.05) is 0 Å². The van der Waals surface area contributed by atoms with Crippen LogP contribution in [0.1, 0.15) is 17.3 Å². The van der Waals surface area contributed by atoms with E-state index < -0.39 is 24.6 Å². The minimum absolute atomic E-state index is 0.143. The van der Waals surface area contributed by atoms with Gasteiger partial charge in [0.05, 0.1) is 5.69 Å². The number of alkyl halides is 3. The fourth-order valence-corrected chi connectivity index (χ4v) is 1.88. The standard InChI is InChI=1S/C15H14F3N3O3/c1-2-21-8-10(5-6-12(21)22)20-13(23)11-4-3-7-19-14(11)24-9-15(16,17)18/h3-8H,2,9H2,1H3,(H,20,23). The first-order chi connectivity index (χ1) is 11.3. The molecule has 2 heterocycles. The summed E-state index contributed by atoms with van der Waals surface area (Å²) in [5, 5.41) is 2.50. The molecule has 0 spiro atoms. The first kappa shape index (κ1) is 17.5. The van der Waals surface area contributed by atoms with E-state index in [2.05, 4.69) is 15.0 Å². The van der Waals surface area contributed by atoms with Gasteiger partial charge in [0.1, 0.15) is 5.56 Å². The number of anilines is 1. The first-order valence-corrected chi connectivity index (χ1v) is 6.96. The third kappa shape index (κ3) is 4.58. The maximum atomic E-state index is 12.3. The van der Waals surface area contributed by atoms with Gasteiger partial charge in [-0.05, 0) is 25.1 Å². The molecule has 0 bridgehead atoms. The molecule has 2 aromatic rings. The van der Waals surface area contributed by atoms with Crippen molar-refractivity contribution in [3.8, 4) is 5.88 Å². The zero-order valence-electron chi connectivity index (χ0n) is 12.6. The topological polar surface area (TPSA) is 73.2 Å². The number of amides is 1. The Balaban J connectivity index is 2.19. The fraction of sp³-hybridized carbons (Fsp3) is 0.267. The van der Waals surface area contributed by atoms with Crippen molar-refractivity contribution in [2.45, 2.75) is 19.6 Å². The van der Waals surface area contributed by atoms with Gasteiger partial charge >= 0.3 is 6.18 Å². The Kier molecular flexibility index (Phi) is 5.22. The van der Waals surface area contributed by atoms with Crippen molar-refractivity contribution in [3.63, 3.8) is 0 Å². The van der Waals surface area contributed by atoms with E-state index in [1.807, 2.05) is 0 Å². The van der Waals surface area contributed by atoms with Crippen LogP contribution in [0.15, 0.2) is 41.5 Å². The smallest absolute Gasteiger partial charge is 0.422 e. The van der Waals surface area contributed by atoms with E-state index in [-0.39, 0.29) is 11.1 Å². The summed E-state index contributed by atoms with van der Waals surface area (Å²) in [7, 11) is 0. The highest BCUT2D eigenvalue weighted by Crippen LogP contribution is 2.20. The number of pyridine rings is 2. The highest BCUT2D eigenvalue weighted by molar-refractivity contribution is 6.05. The van der Waals surface area contributed by atoms with Crippen LogP contribution < -0.4 is 15.6 Å². The second-order valence-corrected chi connectivity index (χ2v) is 4.76. The Morgan fingerprint density at radius 3 is 2.75 bits per heavy atom. The lowest BCUT2D eigenvalue weighted by Crippen LogP contribution is -2.22. The van der Waals surface area contributed by atoms with Crippen molar-refractivity contribution < 1.29 is 22.7 Å². The number of carbonyl (C=O) groups excluding carboxylic acids is 1. The predicted molar refractivity (Wildman–Crippen MR) is 80.1 cm³/mol. The summed E-state index contributed by atoms with van der Waals surface area (Å²) < 4.78 is 42.7. The summed E-state index contributed by atoms with van der Waals surface area (Å²) >= 11 is 0. The molecular formula is C15H14F3N3O3. The van der Waals surface area contributed by atoms with Crippen LogP contribution in [0.25, 0.3) is 0 Å². The third-order valence-corrected chi connectivity index (χ3v) is 2.97. The predicted octanol–water partition coefficient (Wildman–Crippen LogP) is 2.46. The molecule has 0 unspecified atom stereocenters. The van der Waals surface area contributed by atoms with Gasteiger partial charge in [0.25, 0.3) is 11.5 Å². The van der Waals surface area contributed by atoms with Crippen molar-refractivity contribution >= 4 is 11.6 Å².